The lowest BCUT2D eigenvalue weighted by atomic mass is 10.3. The Morgan fingerprint density at radius 2 is 1.90 bits per heavy atom. The van der Waals surface area contributed by atoms with Gasteiger partial charge >= 0.3 is 0 Å². The van der Waals surface area contributed by atoms with Crippen molar-refractivity contribution in [2.45, 2.75) is 4.90 Å². The highest BCUT2D eigenvalue weighted by Gasteiger charge is 2.20. The van der Waals surface area contributed by atoms with Crippen molar-refractivity contribution in [3.8, 4) is 11.5 Å². The summed E-state index contributed by atoms with van der Waals surface area (Å²) in [5, 5.41) is 3.11. The molecule has 0 radical (unpaired) electrons. The first-order valence-electron chi connectivity index (χ1n) is 9.14. The lowest BCUT2D eigenvalue weighted by molar-refractivity contribution is 0.122. The Bertz CT molecular complexity index is 919. The van der Waals surface area contributed by atoms with E-state index in [0.29, 0.717) is 31.3 Å². The van der Waals surface area contributed by atoms with Gasteiger partial charge in [0.05, 0.1) is 27.4 Å². The number of nitrogens with zero attached hydrogens (tertiary/aromatic N) is 3. The summed E-state index contributed by atoms with van der Waals surface area (Å²) < 4.78 is 43.4. The molecule has 29 heavy (non-hydrogen) atoms. The molecule has 1 fully saturated rings. The maximum absolute atomic E-state index is 12.6. The van der Waals surface area contributed by atoms with Crippen LogP contribution in [-0.2, 0) is 14.8 Å². The number of rotatable bonds is 9. The van der Waals surface area contributed by atoms with E-state index in [1.807, 2.05) is 6.07 Å². The topological polar surface area (TPSA) is 115 Å². The molecular weight excluding hydrogens is 398 g/mol. The Labute approximate surface area is 170 Å². The summed E-state index contributed by atoms with van der Waals surface area (Å²) in [6, 6.07) is 6.46. The second-order valence-electron chi connectivity index (χ2n) is 6.20. The Kier molecular flexibility index (Phi) is 7.07. The minimum Gasteiger partial charge on any atom is -0.497 e. The zero-order valence-corrected chi connectivity index (χ0v) is 17.2. The summed E-state index contributed by atoms with van der Waals surface area (Å²) in [6.45, 7) is 3.41. The standard InChI is InChI=1S/C18H25N5O5S/c1-26-14-3-4-15(27-2)16(11-14)29(24,25)22-6-5-19-17-12-18(21-13-20-17)23-7-9-28-10-8-23/h3-4,11-13,22H,5-10H2,1-2H3,(H,19,20,21). The van der Waals surface area contributed by atoms with E-state index in [1.54, 1.807) is 12.1 Å². The summed E-state index contributed by atoms with van der Waals surface area (Å²) in [5.41, 5.74) is 0. The number of sulfonamides is 1. The fourth-order valence-electron chi connectivity index (χ4n) is 2.86. The summed E-state index contributed by atoms with van der Waals surface area (Å²) in [4.78, 5) is 10.6. The zero-order valence-electron chi connectivity index (χ0n) is 16.4. The van der Waals surface area contributed by atoms with E-state index < -0.39 is 10.0 Å². The van der Waals surface area contributed by atoms with Crippen molar-refractivity contribution in [3.05, 3.63) is 30.6 Å². The summed E-state index contributed by atoms with van der Waals surface area (Å²) in [5.74, 6) is 2.12. The van der Waals surface area contributed by atoms with Crippen molar-refractivity contribution in [3.63, 3.8) is 0 Å². The van der Waals surface area contributed by atoms with Gasteiger partial charge in [0.25, 0.3) is 0 Å². The fourth-order valence-corrected chi connectivity index (χ4v) is 4.07. The third-order valence-electron chi connectivity index (χ3n) is 4.37. The first kappa shape index (κ1) is 21.1. The second-order valence-corrected chi connectivity index (χ2v) is 7.94. The van der Waals surface area contributed by atoms with E-state index in [1.165, 1.54) is 26.6 Å². The van der Waals surface area contributed by atoms with Gasteiger partial charge in [-0.1, -0.05) is 0 Å². The molecule has 1 aromatic carbocycles. The molecule has 158 valence electrons. The molecule has 0 amide bonds. The van der Waals surface area contributed by atoms with Gasteiger partial charge < -0.3 is 24.4 Å². The lowest BCUT2D eigenvalue weighted by Gasteiger charge is -2.27. The number of ether oxygens (including phenoxy) is 3. The van der Waals surface area contributed by atoms with Gasteiger partial charge in [-0.25, -0.2) is 23.1 Å². The molecule has 1 saturated heterocycles. The smallest absolute Gasteiger partial charge is 0.244 e. The van der Waals surface area contributed by atoms with Gasteiger partial charge in [0.1, 0.15) is 34.4 Å². The van der Waals surface area contributed by atoms with Crippen LogP contribution in [0.5, 0.6) is 11.5 Å². The van der Waals surface area contributed by atoms with Crippen LogP contribution in [-0.4, -0.2) is 72.0 Å². The molecule has 0 atom stereocenters. The van der Waals surface area contributed by atoms with Crippen LogP contribution in [0.1, 0.15) is 0 Å². The third kappa shape index (κ3) is 5.46. The Morgan fingerprint density at radius 3 is 2.62 bits per heavy atom. The maximum Gasteiger partial charge on any atom is 0.244 e. The summed E-state index contributed by atoms with van der Waals surface area (Å²) in [6.07, 6.45) is 1.48. The van der Waals surface area contributed by atoms with Crippen LogP contribution in [0.4, 0.5) is 11.6 Å². The molecular formula is C18H25N5O5S. The summed E-state index contributed by atoms with van der Waals surface area (Å²) in [7, 11) is -0.870. The van der Waals surface area contributed by atoms with Crippen LogP contribution >= 0.6 is 0 Å². The zero-order chi connectivity index (χ0) is 20.7. The SMILES string of the molecule is COc1ccc(OC)c(S(=O)(=O)NCCNc2cc(N3CCOCC3)ncn2)c1. The number of anilines is 2. The molecule has 3 rings (SSSR count). The number of benzene rings is 1. The van der Waals surface area contributed by atoms with E-state index >= 15 is 0 Å². The molecule has 10 nitrogen and oxygen atoms in total. The normalized spacial score (nSPS) is 14.5. The number of methoxy groups -OCH3 is 2. The van der Waals surface area contributed by atoms with Crippen molar-refractivity contribution in [2.75, 3.05) is 63.8 Å². The molecule has 2 aromatic rings. The van der Waals surface area contributed by atoms with E-state index in [0.717, 1.165) is 18.9 Å². The molecule has 11 heteroatoms. The Hall–Kier alpha value is -2.63. The van der Waals surface area contributed by atoms with Crippen LogP contribution in [0.15, 0.2) is 35.5 Å². The molecule has 0 aliphatic carbocycles. The maximum atomic E-state index is 12.6. The van der Waals surface area contributed by atoms with E-state index in [4.69, 9.17) is 14.2 Å². The van der Waals surface area contributed by atoms with Crippen LogP contribution in [0.25, 0.3) is 0 Å². The molecule has 2 heterocycles. The molecule has 0 saturated carbocycles. The lowest BCUT2D eigenvalue weighted by Crippen LogP contribution is -2.36. The largest absolute Gasteiger partial charge is 0.497 e. The van der Waals surface area contributed by atoms with E-state index in [2.05, 4.69) is 24.9 Å². The van der Waals surface area contributed by atoms with Gasteiger partial charge in [0.15, 0.2) is 0 Å². The van der Waals surface area contributed by atoms with Crippen LogP contribution in [0.3, 0.4) is 0 Å². The molecule has 0 bridgehead atoms. The first-order valence-corrected chi connectivity index (χ1v) is 10.6. The molecule has 0 unspecified atom stereocenters. The van der Waals surface area contributed by atoms with Gasteiger partial charge in [-0.05, 0) is 12.1 Å². The number of aromatic nitrogens is 2. The van der Waals surface area contributed by atoms with Gasteiger partial charge in [0, 0.05) is 38.3 Å². The van der Waals surface area contributed by atoms with Crippen molar-refractivity contribution < 1.29 is 22.6 Å². The van der Waals surface area contributed by atoms with Crippen LogP contribution < -0.4 is 24.4 Å². The van der Waals surface area contributed by atoms with Crippen molar-refractivity contribution >= 4 is 21.7 Å². The minimum absolute atomic E-state index is 0.0241. The minimum atomic E-state index is -3.77. The van der Waals surface area contributed by atoms with Gasteiger partial charge in [-0.2, -0.15) is 0 Å². The second kappa shape index (κ2) is 9.72. The number of hydrogen-bond acceptors (Lipinski definition) is 9. The van der Waals surface area contributed by atoms with Gasteiger partial charge in [-0.15, -0.1) is 0 Å². The molecule has 1 aliphatic heterocycles. The third-order valence-corrected chi connectivity index (χ3v) is 5.85. The average Bonchev–Trinajstić information content (AvgIpc) is 2.77. The van der Waals surface area contributed by atoms with E-state index in [9.17, 15) is 8.42 Å². The van der Waals surface area contributed by atoms with Gasteiger partial charge in [0.2, 0.25) is 10.0 Å². The van der Waals surface area contributed by atoms with Gasteiger partial charge in [-0.3, -0.25) is 0 Å². The Morgan fingerprint density at radius 1 is 1.10 bits per heavy atom. The molecule has 0 spiro atoms. The first-order chi connectivity index (χ1) is 14.0. The fraction of sp³-hybridized carbons (Fsp3) is 0.444. The number of hydrogen-bond donors (Lipinski definition) is 2. The van der Waals surface area contributed by atoms with Crippen molar-refractivity contribution in [1.29, 1.82) is 0 Å². The highest BCUT2D eigenvalue weighted by molar-refractivity contribution is 7.89. The Balaban J connectivity index is 1.57. The summed E-state index contributed by atoms with van der Waals surface area (Å²) >= 11 is 0. The van der Waals surface area contributed by atoms with Crippen LogP contribution in [0, 0.1) is 0 Å². The average molecular weight is 423 g/mol. The highest BCUT2D eigenvalue weighted by Crippen LogP contribution is 2.27. The molecule has 1 aliphatic rings. The predicted molar refractivity (Wildman–Crippen MR) is 108 cm³/mol. The monoisotopic (exact) mass is 423 g/mol. The van der Waals surface area contributed by atoms with E-state index in [-0.39, 0.29) is 17.2 Å². The molecule has 2 N–H and O–H groups in total. The quantitative estimate of drug-likeness (QED) is 0.563. The number of nitrogens with one attached hydrogen (secondary N) is 2. The van der Waals surface area contributed by atoms with Crippen molar-refractivity contribution in [2.24, 2.45) is 0 Å². The predicted octanol–water partition coefficient (Wildman–Crippen LogP) is 0.721. The molecule has 1 aromatic heterocycles. The van der Waals surface area contributed by atoms with Crippen molar-refractivity contribution in [1.82, 2.24) is 14.7 Å². The highest BCUT2D eigenvalue weighted by atomic mass is 32.2. The van der Waals surface area contributed by atoms with Crippen LogP contribution in [0.2, 0.25) is 0 Å². The number of morpholine rings is 1.